The number of ether oxygens (including phenoxy) is 1. The fourth-order valence-corrected chi connectivity index (χ4v) is 3.10. The van der Waals surface area contributed by atoms with E-state index in [-0.39, 0.29) is 12.1 Å². The molecule has 0 saturated carbocycles. The molecule has 0 unspecified atom stereocenters. The molecule has 9 heteroatoms. The van der Waals surface area contributed by atoms with Crippen molar-refractivity contribution in [3.63, 3.8) is 0 Å². The summed E-state index contributed by atoms with van der Waals surface area (Å²) in [6, 6.07) is 0.187. The molecule has 1 aliphatic rings. The third kappa shape index (κ3) is 5.09. The Labute approximate surface area is 163 Å². The Morgan fingerprint density at radius 1 is 1.30 bits per heavy atom. The fourth-order valence-electron chi connectivity index (χ4n) is 2.90. The predicted molar refractivity (Wildman–Crippen MR) is 104 cm³/mol. The number of rotatable bonds is 3. The minimum absolute atomic E-state index is 0.187. The molecule has 1 aliphatic heterocycles. The minimum Gasteiger partial charge on any atom is -0.444 e. The first-order valence-electron chi connectivity index (χ1n) is 8.97. The molecule has 2 aromatic rings. The average molecular weight is 393 g/mol. The van der Waals surface area contributed by atoms with Crippen molar-refractivity contribution < 1.29 is 9.53 Å². The highest BCUT2D eigenvalue weighted by molar-refractivity contribution is 6.32. The van der Waals surface area contributed by atoms with Crippen molar-refractivity contribution in [2.24, 2.45) is 7.05 Å². The SMILES string of the molecule is Cn1cc(-c2nc(NC3CCN(C(=O)OC(C)(C)C)CC3)ncc2Cl)cn1. The highest BCUT2D eigenvalue weighted by atomic mass is 35.5. The van der Waals surface area contributed by atoms with E-state index in [1.165, 1.54) is 0 Å². The van der Waals surface area contributed by atoms with Gasteiger partial charge in [0.25, 0.3) is 0 Å². The van der Waals surface area contributed by atoms with E-state index in [1.807, 2.05) is 34.0 Å². The molecule has 0 spiro atoms. The summed E-state index contributed by atoms with van der Waals surface area (Å²) in [4.78, 5) is 22.7. The van der Waals surface area contributed by atoms with Gasteiger partial charge in [-0.3, -0.25) is 4.68 Å². The molecule has 3 rings (SSSR count). The Morgan fingerprint density at radius 3 is 2.59 bits per heavy atom. The van der Waals surface area contributed by atoms with Crippen LogP contribution in [0.15, 0.2) is 18.6 Å². The van der Waals surface area contributed by atoms with Crippen molar-refractivity contribution >= 4 is 23.6 Å². The summed E-state index contributed by atoms with van der Waals surface area (Å²) in [6.07, 6.45) is 6.51. The predicted octanol–water partition coefficient (Wildman–Crippen LogP) is 3.34. The van der Waals surface area contributed by atoms with Crippen LogP contribution in [0.5, 0.6) is 0 Å². The van der Waals surface area contributed by atoms with Crippen molar-refractivity contribution in [2.75, 3.05) is 18.4 Å². The van der Waals surface area contributed by atoms with E-state index < -0.39 is 5.60 Å². The van der Waals surface area contributed by atoms with E-state index in [0.717, 1.165) is 18.4 Å². The number of hydrogen-bond donors (Lipinski definition) is 1. The molecule has 3 heterocycles. The molecule has 8 nitrogen and oxygen atoms in total. The normalized spacial score (nSPS) is 15.7. The average Bonchev–Trinajstić information content (AvgIpc) is 3.02. The smallest absolute Gasteiger partial charge is 0.410 e. The van der Waals surface area contributed by atoms with Crippen LogP contribution < -0.4 is 5.32 Å². The van der Waals surface area contributed by atoms with Crippen LogP contribution in [-0.2, 0) is 11.8 Å². The van der Waals surface area contributed by atoms with Gasteiger partial charge in [0.2, 0.25) is 5.95 Å². The Bertz CT molecular complexity index is 808. The maximum absolute atomic E-state index is 12.2. The van der Waals surface area contributed by atoms with Gasteiger partial charge in [0.15, 0.2) is 0 Å². The molecule has 0 atom stereocenters. The minimum atomic E-state index is -0.480. The van der Waals surface area contributed by atoms with E-state index in [9.17, 15) is 4.79 Å². The van der Waals surface area contributed by atoms with Gasteiger partial charge in [0.05, 0.1) is 23.1 Å². The maximum atomic E-state index is 12.2. The molecular formula is C18H25ClN6O2. The Kier molecular flexibility index (Phi) is 5.55. The third-order valence-corrected chi connectivity index (χ3v) is 4.48. The van der Waals surface area contributed by atoms with Gasteiger partial charge in [0.1, 0.15) is 5.60 Å². The number of nitrogens with one attached hydrogen (secondary N) is 1. The highest BCUT2D eigenvalue weighted by Gasteiger charge is 2.27. The van der Waals surface area contributed by atoms with Gasteiger partial charge in [-0.15, -0.1) is 0 Å². The Balaban J connectivity index is 1.60. The summed E-state index contributed by atoms with van der Waals surface area (Å²) in [5, 5.41) is 7.98. The molecule has 27 heavy (non-hydrogen) atoms. The summed E-state index contributed by atoms with van der Waals surface area (Å²) >= 11 is 6.24. The fraction of sp³-hybridized carbons (Fsp3) is 0.556. The number of anilines is 1. The summed E-state index contributed by atoms with van der Waals surface area (Å²) in [5.41, 5.74) is 1.01. The first-order valence-corrected chi connectivity index (χ1v) is 9.35. The maximum Gasteiger partial charge on any atom is 0.410 e. The van der Waals surface area contributed by atoms with Crippen LogP contribution in [-0.4, -0.2) is 55.5 Å². The number of aromatic nitrogens is 4. The molecule has 0 radical (unpaired) electrons. The van der Waals surface area contributed by atoms with E-state index in [2.05, 4.69) is 20.4 Å². The second kappa shape index (κ2) is 7.72. The van der Waals surface area contributed by atoms with Gasteiger partial charge in [0, 0.05) is 37.9 Å². The van der Waals surface area contributed by atoms with Crippen LogP contribution >= 0.6 is 11.6 Å². The molecule has 1 N–H and O–H groups in total. The summed E-state index contributed by atoms with van der Waals surface area (Å²) in [6.45, 7) is 6.88. The molecule has 1 fully saturated rings. The number of likely N-dealkylation sites (tertiary alicyclic amines) is 1. The second-order valence-electron chi connectivity index (χ2n) is 7.68. The van der Waals surface area contributed by atoms with Crippen LogP contribution in [0.4, 0.5) is 10.7 Å². The number of nitrogens with zero attached hydrogens (tertiary/aromatic N) is 5. The topological polar surface area (TPSA) is 85.2 Å². The van der Waals surface area contributed by atoms with E-state index >= 15 is 0 Å². The molecule has 2 aromatic heterocycles. The number of aryl methyl sites for hydroxylation is 1. The lowest BCUT2D eigenvalue weighted by atomic mass is 10.1. The van der Waals surface area contributed by atoms with Gasteiger partial charge in [-0.2, -0.15) is 5.10 Å². The van der Waals surface area contributed by atoms with Crippen molar-refractivity contribution in [2.45, 2.75) is 45.3 Å². The molecular weight excluding hydrogens is 368 g/mol. The molecule has 146 valence electrons. The molecule has 0 bridgehead atoms. The van der Waals surface area contributed by atoms with Crippen LogP contribution in [0.3, 0.4) is 0 Å². The lowest BCUT2D eigenvalue weighted by molar-refractivity contribution is 0.0210. The van der Waals surface area contributed by atoms with Gasteiger partial charge in [-0.25, -0.2) is 14.8 Å². The van der Waals surface area contributed by atoms with Crippen molar-refractivity contribution in [1.29, 1.82) is 0 Å². The quantitative estimate of drug-likeness (QED) is 0.862. The number of carbonyl (C=O) groups excluding carboxylic acids is 1. The number of amides is 1. The van der Waals surface area contributed by atoms with Crippen molar-refractivity contribution in [3.8, 4) is 11.3 Å². The molecule has 1 saturated heterocycles. The summed E-state index contributed by atoms with van der Waals surface area (Å²) < 4.78 is 7.13. The van der Waals surface area contributed by atoms with Crippen LogP contribution in [0, 0.1) is 0 Å². The van der Waals surface area contributed by atoms with Gasteiger partial charge in [-0.1, -0.05) is 11.6 Å². The first kappa shape index (κ1) is 19.4. The lowest BCUT2D eigenvalue weighted by Gasteiger charge is -2.33. The molecule has 0 aromatic carbocycles. The molecule has 0 aliphatic carbocycles. The molecule has 1 amide bonds. The zero-order valence-electron chi connectivity index (χ0n) is 16.1. The third-order valence-electron chi connectivity index (χ3n) is 4.20. The largest absolute Gasteiger partial charge is 0.444 e. The number of carbonyl (C=O) groups is 1. The summed E-state index contributed by atoms with van der Waals surface area (Å²) in [5.74, 6) is 0.522. The van der Waals surface area contributed by atoms with E-state index in [4.69, 9.17) is 16.3 Å². The second-order valence-corrected chi connectivity index (χ2v) is 8.09. The monoisotopic (exact) mass is 392 g/mol. The number of halogens is 1. The van der Waals surface area contributed by atoms with Gasteiger partial charge in [-0.05, 0) is 33.6 Å². The zero-order valence-corrected chi connectivity index (χ0v) is 16.8. The van der Waals surface area contributed by atoms with Crippen LogP contribution in [0.2, 0.25) is 5.02 Å². The lowest BCUT2D eigenvalue weighted by Crippen LogP contribution is -2.44. The van der Waals surface area contributed by atoms with E-state index in [0.29, 0.717) is 29.8 Å². The van der Waals surface area contributed by atoms with Gasteiger partial charge < -0.3 is 15.0 Å². The van der Waals surface area contributed by atoms with Crippen LogP contribution in [0.25, 0.3) is 11.3 Å². The standard InChI is InChI=1S/C18H25ClN6O2/c1-18(2,3)27-17(26)25-7-5-13(6-8-25)22-16-20-10-14(19)15(23-16)12-9-21-24(4)11-12/h9-11,13H,5-8H2,1-4H3,(H,20,22,23). The highest BCUT2D eigenvalue weighted by Crippen LogP contribution is 2.26. The Morgan fingerprint density at radius 2 is 2.00 bits per heavy atom. The van der Waals surface area contributed by atoms with Gasteiger partial charge >= 0.3 is 6.09 Å². The number of hydrogen-bond acceptors (Lipinski definition) is 6. The zero-order chi connectivity index (χ0) is 19.6. The van der Waals surface area contributed by atoms with Crippen molar-refractivity contribution in [3.05, 3.63) is 23.6 Å². The van der Waals surface area contributed by atoms with Crippen molar-refractivity contribution in [1.82, 2.24) is 24.6 Å². The number of piperidine rings is 1. The summed E-state index contributed by atoms with van der Waals surface area (Å²) in [7, 11) is 1.84. The first-order chi connectivity index (χ1) is 12.7. The van der Waals surface area contributed by atoms with E-state index in [1.54, 1.807) is 22.0 Å². The van der Waals surface area contributed by atoms with Crippen LogP contribution in [0.1, 0.15) is 33.6 Å². The Hall–Kier alpha value is -2.35.